The Morgan fingerprint density at radius 2 is 2.50 bits per heavy atom. The first-order chi connectivity index (χ1) is 3.79. The Kier molecular flexibility index (Phi) is 1.60. The van der Waals surface area contributed by atoms with Gasteiger partial charge in [-0.15, -0.1) is 0 Å². The molecule has 0 saturated carbocycles. The highest BCUT2D eigenvalue weighted by molar-refractivity contribution is 7.71. The zero-order chi connectivity index (χ0) is 5.98. The van der Waals surface area contributed by atoms with Crippen molar-refractivity contribution in [3.05, 3.63) is 22.2 Å². The number of rotatable bonds is 0. The maximum absolute atomic E-state index is 5.42. The first-order valence-electron chi connectivity index (χ1n) is 1.99. The Labute approximate surface area is 56.5 Å². The highest BCUT2D eigenvalue weighted by Gasteiger charge is 1.80. The van der Waals surface area contributed by atoms with Gasteiger partial charge in [-0.1, -0.05) is 23.8 Å². The fourth-order valence-electron chi connectivity index (χ4n) is 0.326. The van der Waals surface area contributed by atoms with Crippen molar-refractivity contribution in [2.24, 2.45) is 0 Å². The van der Waals surface area contributed by atoms with E-state index in [0.717, 1.165) is 0 Å². The van der Waals surface area contributed by atoms with Crippen LogP contribution in [0.3, 0.4) is 0 Å². The average Bonchev–Trinajstić information content (AvgIpc) is 1.77. The van der Waals surface area contributed by atoms with E-state index in [9.17, 15) is 0 Å². The molecule has 1 heterocycles. The van der Waals surface area contributed by atoms with Crippen LogP contribution in [0.1, 0.15) is 0 Å². The van der Waals surface area contributed by atoms with E-state index in [1.165, 1.54) is 6.20 Å². The lowest BCUT2D eigenvalue weighted by molar-refractivity contribution is 1.18. The Morgan fingerprint density at radius 3 is 2.88 bits per heavy atom. The monoisotopic (exact) mass is 146 g/mol. The van der Waals surface area contributed by atoms with Crippen molar-refractivity contribution in [2.75, 3.05) is 0 Å². The van der Waals surface area contributed by atoms with Gasteiger partial charge in [0.15, 0.2) is 0 Å². The molecule has 0 aliphatic carbocycles. The van der Waals surface area contributed by atoms with Gasteiger partial charge in [-0.2, -0.15) is 0 Å². The lowest BCUT2D eigenvalue weighted by Gasteiger charge is -1.83. The smallest absolute Gasteiger partial charge is 0.145 e. The predicted molar refractivity (Wildman–Crippen MR) is 34.4 cm³/mol. The zero-order valence-corrected chi connectivity index (χ0v) is 5.46. The van der Waals surface area contributed by atoms with Crippen molar-refractivity contribution in [3.63, 3.8) is 0 Å². The summed E-state index contributed by atoms with van der Waals surface area (Å²) >= 11 is 10.1. The second-order valence-corrected chi connectivity index (χ2v) is 2.06. The van der Waals surface area contributed by atoms with E-state index in [0.29, 0.717) is 9.79 Å². The number of halogens is 1. The van der Waals surface area contributed by atoms with E-state index in [1.807, 2.05) is 0 Å². The molecule has 1 rings (SSSR count). The third kappa shape index (κ3) is 1.28. The SMILES string of the molecule is S=c1cnc(Cl)c[nH]1. The second kappa shape index (κ2) is 2.24. The van der Waals surface area contributed by atoms with Crippen LogP contribution >= 0.6 is 23.8 Å². The largest absolute Gasteiger partial charge is 0.349 e. The number of hydrogen-bond acceptors (Lipinski definition) is 2. The van der Waals surface area contributed by atoms with Crippen LogP contribution in [-0.2, 0) is 0 Å². The maximum Gasteiger partial charge on any atom is 0.145 e. The molecule has 0 amide bonds. The first kappa shape index (κ1) is 5.72. The van der Waals surface area contributed by atoms with Gasteiger partial charge in [-0.05, 0) is 0 Å². The molecule has 0 aliphatic rings. The molecule has 8 heavy (non-hydrogen) atoms. The summed E-state index contributed by atoms with van der Waals surface area (Å²) in [6, 6.07) is 0. The number of hydrogen-bond donors (Lipinski definition) is 1. The third-order valence-corrected chi connectivity index (χ3v) is 1.07. The van der Waals surface area contributed by atoms with Gasteiger partial charge >= 0.3 is 0 Å². The highest BCUT2D eigenvalue weighted by Crippen LogP contribution is 1.96. The van der Waals surface area contributed by atoms with Gasteiger partial charge in [0, 0.05) is 6.20 Å². The van der Waals surface area contributed by atoms with E-state index in [4.69, 9.17) is 23.8 Å². The van der Waals surface area contributed by atoms with Gasteiger partial charge in [0.05, 0.1) is 6.20 Å². The van der Waals surface area contributed by atoms with Crippen LogP contribution in [0.5, 0.6) is 0 Å². The topological polar surface area (TPSA) is 28.7 Å². The predicted octanol–water partition coefficient (Wildman–Crippen LogP) is 1.79. The van der Waals surface area contributed by atoms with Crippen molar-refractivity contribution in [1.29, 1.82) is 0 Å². The van der Waals surface area contributed by atoms with E-state index in [-0.39, 0.29) is 0 Å². The molecule has 0 aromatic carbocycles. The van der Waals surface area contributed by atoms with E-state index in [2.05, 4.69) is 9.97 Å². The summed E-state index contributed by atoms with van der Waals surface area (Å²) in [7, 11) is 0. The Morgan fingerprint density at radius 1 is 1.75 bits per heavy atom. The molecule has 1 aromatic rings. The summed E-state index contributed by atoms with van der Waals surface area (Å²) < 4.78 is 0.592. The lowest BCUT2D eigenvalue weighted by atomic mass is 10.8. The average molecular weight is 147 g/mol. The summed E-state index contributed by atoms with van der Waals surface area (Å²) in [5, 5.41) is 0.429. The second-order valence-electron chi connectivity index (χ2n) is 1.23. The summed E-state index contributed by atoms with van der Waals surface area (Å²) in [6.45, 7) is 0. The van der Waals surface area contributed by atoms with Crippen LogP contribution in [0.15, 0.2) is 12.4 Å². The van der Waals surface area contributed by atoms with Gasteiger partial charge in [-0.25, -0.2) is 4.98 Å². The molecule has 0 atom stereocenters. The van der Waals surface area contributed by atoms with Crippen LogP contribution in [0, 0.1) is 4.64 Å². The number of H-pyrrole nitrogens is 1. The molecule has 0 unspecified atom stereocenters. The third-order valence-electron chi connectivity index (χ3n) is 0.639. The van der Waals surface area contributed by atoms with Crippen molar-refractivity contribution >= 4 is 23.8 Å². The molecule has 0 saturated heterocycles. The van der Waals surface area contributed by atoms with Crippen molar-refractivity contribution in [1.82, 2.24) is 9.97 Å². The molecular formula is C4H3ClN2S. The summed E-state index contributed by atoms with van der Waals surface area (Å²) in [5.41, 5.74) is 0. The van der Waals surface area contributed by atoms with Gasteiger partial charge in [0.2, 0.25) is 0 Å². The summed E-state index contributed by atoms with van der Waals surface area (Å²) in [4.78, 5) is 6.43. The molecule has 0 spiro atoms. The lowest BCUT2D eigenvalue weighted by Crippen LogP contribution is -1.75. The van der Waals surface area contributed by atoms with E-state index >= 15 is 0 Å². The molecule has 0 radical (unpaired) electrons. The molecule has 2 nitrogen and oxygen atoms in total. The molecular weight excluding hydrogens is 144 g/mol. The molecule has 0 bridgehead atoms. The fraction of sp³-hybridized carbons (Fsp3) is 0. The van der Waals surface area contributed by atoms with Crippen LogP contribution in [0.25, 0.3) is 0 Å². The zero-order valence-electron chi connectivity index (χ0n) is 3.89. The van der Waals surface area contributed by atoms with E-state index in [1.54, 1.807) is 6.20 Å². The van der Waals surface area contributed by atoms with Crippen LogP contribution in [-0.4, -0.2) is 9.97 Å². The minimum atomic E-state index is 0.429. The minimum Gasteiger partial charge on any atom is -0.349 e. The number of nitrogens with zero attached hydrogens (tertiary/aromatic N) is 1. The maximum atomic E-state index is 5.42. The quantitative estimate of drug-likeness (QED) is 0.566. The summed E-state index contributed by atoms with van der Waals surface area (Å²) in [6.07, 6.45) is 3.04. The number of aromatic nitrogens is 2. The Hall–Kier alpha value is -0.410. The normalized spacial score (nSPS) is 9.12. The molecule has 0 fully saturated rings. The highest BCUT2D eigenvalue weighted by atomic mass is 35.5. The van der Waals surface area contributed by atoms with Gasteiger partial charge < -0.3 is 4.98 Å². The van der Waals surface area contributed by atoms with Crippen molar-refractivity contribution < 1.29 is 0 Å². The number of aromatic amines is 1. The Bertz CT molecular complexity index is 211. The molecule has 4 heteroatoms. The van der Waals surface area contributed by atoms with Gasteiger partial charge in [0.25, 0.3) is 0 Å². The minimum absolute atomic E-state index is 0.429. The number of nitrogens with one attached hydrogen (secondary N) is 1. The van der Waals surface area contributed by atoms with Crippen LogP contribution in [0.4, 0.5) is 0 Å². The van der Waals surface area contributed by atoms with Gasteiger partial charge in [-0.3, -0.25) is 0 Å². The van der Waals surface area contributed by atoms with Crippen LogP contribution in [0.2, 0.25) is 5.15 Å². The molecule has 0 aliphatic heterocycles. The Balaban J connectivity index is 3.22. The van der Waals surface area contributed by atoms with Crippen molar-refractivity contribution in [2.45, 2.75) is 0 Å². The first-order valence-corrected chi connectivity index (χ1v) is 2.78. The van der Waals surface area contributed by atoms with Crippen LogP contribution < -0.4 is 0 Å². The van der Waals surface area contributed by atoms with Crippen molar-refractivity contribution in [3.8, 4) is 0 Å². The van der Waals surface area contributed by atoms with Gasteiger partial charge in [0.1, 0.15) is 9.79 Å². The molecule has 1 N–H and O–H groups in total. The molecule has 1 aromatic heterocycles. The fourth-order valence-corrected chi connectivity index (χ4v) is 0.540. The standard InChI is InChI=1S/C4H3ClN2S/c5-3-1-7-4(8)2-6-3/h1-2H,(H,7,8). The molecule has 42 valence electrons. The summed E-state index contributed by atoms with van der Waals surface area (Å²) in [5.74, 6) is 0. The van der Waals surface area contributed by atoms with E-state index < -0.39 is 0 Å².